The van der Waals surface area contributed by atoms with E-state index in [4.69, 9.17) is 9.47 Å². The molecule has 2 aromatic carbocycles. The Balaban J connectivity index is 2.09. The topological polar surface area (TPSA) is 55.8 Å². The molecule has 1 aliphatic heterocycles. The third-order valence-electron chi connectivity index (χ3n) is 6.86. The molecule has 1 aliphatic rings. The molecule has 0 spiro atoms. The fraction of sp³-hybridized carbons (Fsp3) is 0.500. The van der Waals surface area contributed by atoms with E-state index in [1.807, 2.05) is 12.1 Å². The van der Waals surface area contributed by atoms with Gasteiger partial charge in [-0.15, -0.1) is 0 Å². The summed E-state index contributed by atoms with van der Waals surface area (Å²) in [4.78, 5) is 14.9. The van der Waals surface area contributed by atoms with Gasteiger partial charge < -0.3 is 14.4 Å². The van der Waals surface area contributed by atoms with Gasteiger partial charge in [-0.25, -0.2) is 4.79 Å². The summed E-state index contributed by atoms with van der Waals surface area (Å²) in [6.07, 6.45) is 10.1. The van der Waals surface area contributed by atoms with Crippen molar-refractivity contribution < 1.29 is 18.5 Å². The average Bonchev–Trinajstić information content (AvgIpc) is 3.01. The van der Waals surface area contributed by atoms with Crippen molar-refractivity contribution in [2.75, 3.05) is 23.8 Å². The molecule has 5 nitrogen and oxygen atoms in total. The Morgan fingerprint density at radius 2 is 1.75 bits per heavy atom. The minimum absolute atomic E-state index is 0.0248. The monoisotopic (exact) mass is 511 g/mol. The summed E-state index contributed by atoms with van der Waals surface area (Å²) in [5.74, 6) is 0.834. The molecule has 2 aromatic rings. The molecule has 0 radical (unpaired) electrons. The first kappa shape index (κ1) is 28.0. The lowest BCUT2D eigenvalue weighted by Gasteiger charge is -2.37. The van der Waals surface area contributed by atoms with E-state index < -0.39 is 16.8 Å². The zero-order chi connectivity index (χ0) is 26.0. The van der Waals surface area contributed by atoms with Gasteiger partial charge in [0.2, 0.25) is 0 Å². The second-order valence-electron chi connectivity index (χ2n) is 9.57. The quantitative estimate of drug-likeness (QED) is 0.170. The Bertz CT molecular complexity index is 1040. The number of carbonyl (C=O) groups is 1. The van der Waals surface area contributed by atoms with Crippen molar-refractivity contribution in [3.05, 3.63) is 60.4 Å². The maximum atomic E-state index is 14.0. The van der Waals surface area contributed by atoms with Crippen molar-refractivity contribution in [2.45, 2.75) is 77.5 Å². The van der Waals surface area contributed by atoms with Crippen LogP contribution in [-0.2, 0) is 26.8 Å². The van der Waals surface area contributed by atoms with Gasteiger partial charge in [-0.3, -0.25) is 4.21 Å². The Labute approximate surface area is 219 Å². The summed E-state index contributed by atoms with van der Waals surface area (Å²) >= 11 is 0. The molecule has 36 heavy (non-hydrogen) atoms. The van der Waals surface area contributed by atoms with Gasteiger partial charge in [-0.2, -0.15) is 0 Å². The van der Waals surface area contributed by atoms with Crippen LogP contribution in [0.15, 0.2) is 59.7 Å². The lowest BCUT2D eigenvalue weighted by atomic mass is 9.79. The largest absolute Gasteiger partial charge is 0.464 e. The molecule has 1 unspecified atom stereocenters. The molecule has 0 bridgehead atoms. The fourth-order valence-electron chi connectivity index (χ4n) is 4.92. The van der Waals surface area contributed by atoms with Gasteiger partial charge in [0.05, 0.1) is 40.3 Å². The number of benzene rings is 2. The van der Waals surface area contributed by atoms with E-state index in [1.54, 1.807) is 6.92 Å². The number of rotatable bonds is 12. The van der Waals surface area contributed by atoms with E-state index in [-0.39, 0.29) is 5.41 Å². The first-order valence-corrected chi connectivity index (χ1v) is 14.7. The van der Waals surface area contributed by atoms with Crippen LogP contribution < -0.4 is 9.64 Å². The number of esters is 1. The maximum absolute atomic E-state index is 14.0. The molecule has 0 aliphatic carbocycles. The van der Waals surface area contributed by atoms with Gasteiger partial charge in [0.25, 0.3) is 0 Å². The zero-order valence-electron chi connectivity index (χ0n) is 22.3. The highest BCUT2D eigenvalue weighted by Crippen LogP contribution is 2.45. The minimum Gasteiger partial charge on any atom is -0.464 e. The lowest BCUT2D eigenvalue weighted by molar-refractivity contribution is -0.137. The number of nitrogens with zero attached hydrogens (tertiary/aromatic N) is 1. The lowest BCUT2D eigenvalue weighted by Crippen LogP contribution is -2.37. The highest BCUT2D eigenvalue weighted by atomic mass is 32.2. The summed E-state index contributed by atoms with van der Waals surface area (Å²) < 4.78 is 24.8. The van der Waals surface area contributed by atoms with E-state index in [0.29, 0.717) is 18.1 Å². The molecule has 3 rings (SSSR count). The van der Waals surface area contributed by atoms with Crippen molar-refractivity contribution in [3.8, 4) is 5.75 Å². The van der Waals surface area contributed by atoms with Crippen molar-refractivity contribution >= 4 is 28.1 Å². The zero-order valence-corrected chi connectivity index (χ0v) is 23.1. The number of para-hydroxylation sites is 1. The van der Waals surface area contributed by atoms with Crippen molar-refractivity contribution in [1.82, 2.24) is 0 Å². The average molecular weight is 512 g/mol. The molecular weight excluding hydrogens is 470 g/mol. The Morgan fingerprint density at radius 3 is 2.36 bits per heavy atom. The predicted molar refractivity (Wildman–Crippen MR) is 148 cm³/mol. The Hall–Kier alpha value is -2.60. The number of hydrogen-bond acceptors (Lipinski definition) is 5. The highest BCUT2D eigenvalue weighted by molar-refractivity contribution is 7.85. The molecule has 196 valence electrons. The third-order valence-corrected chi connectivity index (χ3v) is 8.56. The molecule has 6 heteroatoms. The summed E-state index contributed by atoms with van der Waals surface area (Å²) in [5.41, 5.74) is 3.10. The fourth-order valence-corrected chi connectivity index (χ4v) is 6.65. The Morgan fingerprint density at radius 1 is 1.06 bits per heavy atom. The van der Waals surface area contributed by atoms with Gasteiger partial charge in [0.1, 0.15) is 5.75 Å². The molecule has 0 saturated carbocycles. The number of hydrogen-bond donors (Lipinski definition) is 0. The Kier molecular flexibility index (Phi) is 10.6. The van der Waals surface area contributed by atoms with E-state index in [9.17, 15) is 9.00 Å². The van der Waals surface area contributed by atoms with Crippen molar-refractivity contribution in [3.63, 3.8) is 0 Å². The van der Waals surface area contributed by atoms with E-state index in [0.717, 1.165) is 73.3 Å². The molecular formula is C30H41NO4S. The third kappa shape index (κ3) is 7.00. The molecule has 0 aromatic heterocycles. The number of aryl methyl sites for hydroxylation is 1. The van der Waals surface area contributed by atoms with Gasteiger partial charge >= 0.3 is 5.97 Å². The maximum Gasteiger partial charge on any atom is 0.333 e. The van der Waals surface area contributed by atoms with E-state index in [1.165, 1.54) is 12.3 Å². The normalized spacial score (nSPS) is 17.0. The minimum atomic E-state index is -1.18. The van der Waals surface area contributed by atoms with Crippen LogP contribution in [-0.4, -0.2) is 29.1 Å². The van der Waals surface area contributed by atoms with Crippen LogP contribution >= 0.6 is 0 Å². The van der Waals surface area contributed by atoms with Crippen molar-refractivity contribution in [1.29, 1.82) is 0 Å². The first-order chi connectivity index (χ1) is 17.5. The molecule has 0 amide bonds. The smallest absolute Gasteiger partial charge is 0.333 e. The molecule has 0 fully saturated rings. The van der Waals surface area contributed by atoms with Gasteiger partial charge in [0.15, 0.2) is 0 Å². The molecule has 0 N–H and O–H groups in total. The predicted octanol–water partition coefficient (Wildman–Crippen LogP) is 7.33. The van der Waals surface area contributed by atoms with Gasteiger partial charge in [-0.1, -0.05) is 64.7 Å². The van der Waals surface area contributed by atoms with Crippen LogP contribution in [0.25, 0.3) is 0 Å². The molecule has 1 atom stereocenters. The van der Waals surface area contributed by atoms with E-state index in [2.05, 4.69) is 56.0 Å². The van der Waals surface area contributed by atoms with Crippen LogP contribution in [0.1, 0.15) is 71.8 Å². The number of ether oxygens (including phenoxy) is 2. The van der Waals surface area contributed by atoms with Crippen LogP contribution in [0, 0.1) is 5.41 Å². The summed E-state index contributed by atoms with van der Waals surface area (Å²) in [7, 11) is -1.18. The summed E-state index contributed by atoms with van der Waals surface area (Å²) in [6, 6.07) is 14.5. The SMILES string of the molecule is CCCCC1(CCCC)CN(c2ccccc2)c2cc(CC)c(O/C=C/C(=O)OCC)cc2S(=O)C1. The highest BCUT2D eigenvalue weighted by Gasteiger charge is 2.39. The van der Waals surface area contributed by atoms with Gasteiger partial charge in [-0.05, 0) is 56.0 Å². The second kappa shape index (κ2) is 13.6. The second-order valence-corrected chi connectivity index (χ2v) is 11.0. The van der Waals surface area contributed by atoms with E-state index >= 15 is 0 Å². The van der Waals surface area contributed by atoms with Gasteiger partial charge in [0, 0.05) is 23.4 Å². The van der Waals surface area contributed by atoms with Crippen LogP contribution in [0.5, 0.6) is 5.75 Å². The molecule has 0 saturated heterocycles. The number of carbonyl (C=O) groups excluding carboxylic acids is 1. The standard InChI is InChI=1S/C30H41NO4S/c1-5-9-17-30(18-10-6-2)22-31(25-14-12-11-13-15-25)26-20-24(7-3)27(21-28(26)36(33)23-30)35-19-16-29(32)34-8-4/h11-16,19-21H,5-10,17-18,22-23H2,1-4H3/b19-16+. The number of anilines is 2. The molecule has 1 heterocycles. The summed E-state index contributed by atoms with van der Waals surface area (Å²) in [6.45, 7) is 9.47. The van der Waals surface area contributed by atoms with Crippen LogP contribution in [0.3, 0.4) is 0 Å². The number of unbranched alkanes of at least 4 members (excludes halogenated alkanes) is 2. The van der Waals surface area contributed by atoms with Crippen molar-refractivity contribution in [2.24, 2.45) is 5.41 Å². The first-order valence-electron chi connectivity index (χ1n) is 13.3. The van der Waals surface area contributed by atoms with Crippen LogP contribution in [0.4, 0.5) is 11.4 Å². The number of fused-ring (bicyclic) bond motifs is 1. The van der Waals surface area contributed by atoms with Crippen LogP contribution in [0.2, 0.25) is 0 Å². The summed E-state index contributed by atoms with van der Waals surface area (Å²) in [5, 5.41) is 0.